The van der Waals surface area contributed by atoms with Crippen molar-refractivity contribution in [2.24, 2.45) is 0 Å². The third kappa shape index (κ3) is 3.76. The summed E-state index contributed by atoms with van der Waals surface area (Å²) in [6, 6.07) is 18.7. The van der Waals surface area contributed by atoms with Crippen molar-refractivity contribution in [2.75, 3.05) is 0 Å². The molecule has 0 fully saturated rings. The summed E-state index contributed by atoms with van der Waals surface area (Å²) in [6.07, 6.45) is -1.30. The summed E-state index contributed by atoms with van der Waals surface area (Å²) in [5.74, 6) is -2.18. The van der Waals surface area contributed by atoms with Gasteiger partial charge in [-0.05, 0) is 53.1 Å². The molecule has 1 heterocycles. The first-order valence-electron chi connectivity index (χ1n) is 9.93. The number of benzene rings is 3. The molecule has 0 bridgehead atoms. The highest BCUT2D eigenvalue weighted by Crippen LogP contribution is 2.46. The zero-order valence-electron chi connectivity index (χ0n) is 16.5. The van der Waals surface area contributed by atoms with Crippen LogP contribution in [0.1, 0.15) is 41.5 Å². The van der Waals surface area contributed by atoms with Gasteiger partial charge in [-0.25, -0.2) is 4.39 Å². The Balaban J connectivity index is 1.60. The van der Waals surface area contributed by atoms with Gasteiger partial charge in [0.05, 0.1) is 5.92 Å². The molecule has 1 aliphatic rings. The van der Waals surface area contributed by atoms with Crippen molar-refractivity contribution in [3.63, 3.8) is 0 Å². The number of halogens is 3. The molecule has 3 aromatic rings. The first-order valence-corrected chi connectivity index (χ1v) is 9.93. The fraction of sp³-hybridized carbons (Fsp3) is 0.280. The highest BCUT2D eigenvalue weighted by molar-refractivity contribution is 5.64. The molecule has 0 saturated heterocycles. The number of hydrogen-bond donors (Lipinski definition) is 0. The Morgan fingerprint density at radius 3 is 2.17 bits per heavy atom. The topological polar surface area (TPSA) is 9.23 Å². The normalized spacial score (nSPS) is 17.5. The molecule has 0 radical (unpaired) electrons. The predicted molar refractivity (Wildman–Crippen MR) is 109 cm³/mol. The molecule has 4 heteroatoms. The van der Waals surface area contributed by atoms with E-state index in [9.17, 15) is 13.2 Å². The van der Waals surface area contributed by atoms with Gasteiger partial charge in [0.1, 0.15) is 0 Å². The van der Waals surface area contributed by atoms with E-state index in [1.54, 1.807) is 24.3 Å². The van der Waals surface area contributed by atoms with Crippen molar-refractivity contribution in [3.8, 4) is 16.9 Å². The number of hydrogen-bond acceptors (Lipinski definition) is 1. The van der Waals surface area contributed by atoms with E-state index in [1.165, 1.54) is 12.5 Å². The standard InChI is InChI=1S/C25H23F3O/c1-3-4-17-6-9-18(10-7-17)19-11-13-20(14-12-19)22-15-21-8-5-16(2)23(26)24(21)29-25(22,27)28/h5-14,22H,3-4,15H2,1-2H3. The largest absolute Gasteiger partial charge is 0.429 e. The van der Waals surface area contributed by atoms with Gasteiger partial charge in [0.25, 0.3) is 0 Å². The van der Waals surface area contributed by atoms with Gasteiger partial charge in [0.2, 0.25) is 0 Å². The number of alkyl halides is 2. The summed E-state index contributed by atoms with van der Waals surface area (Å²) in [5, 5.41) is 0. The van der Waals surface area contributed by atoms with Crippen molar-refractivity contribution in [1.82, 2.24) is 0 Å². The van der Waals surface area contributed by atoms with Gasteiger partial charge < -0.3 is 4.74 Å². The molecule has 1 aliphatic heterocycles. The molecule has 150 valence electrons. The van der Waals surface area contributed by atoms with Crippen LogP contribution in [0.25, 0.3) is 11.1 Å². The number of fused-ring (bicyclic) bond motifs is 1. The van der Waals surface area contributed by atoms with Gasteiger partial charge in [0.15, 0.2) is 11.6 Å². The highest BCUT2D eigenvalue weighted by Gasteiger charge is 2.48. The monoisotopic (exact) mass is 396 g/mol. The Kier molecular flexibility index (Phi) is 5.12. The minimum absolute atomic E-state index is 0.0323. The van der Waals surface area contributed by atoms with Crippen LogP contribution in [0.15, 0.2) is 60.7 Å². The van der Waals surface area contributed by atoms with Crippen LogP contribution >= 0.6 is 0 Å². The molecule has 0 spiro atoms. The van der Waals surface area contributed by atoms with Crippen molar-refractivity contribution in [3.05, 3.63) is 88.7 Å². The van der Waals surface area contributed by atoms with E-state index >= 15 is 0 Å². The molecule has 0 saturated carbocycles. The quantitative estimate of drug-likeness (QED) is 0.458. The lowest BCUT2D eigenvalue weighted by atomic mass is 9.87. The molecule has 29 heavy (non-hydrogen) atoms. The highest BCUT2D eigenvalue weighted by atomic mass is 19.3. The Hall–Kier alpha value is -2.75. The maximum absolute atomic E-state index is 14.7. The first kappa shape index (κ1) is 19.6. The van der Waals surface area contributed by atoms with E-state index in [1.807, 2.05) is 12.1 Å². The van der Waals surface area contributed by atoms with Crippen LogP contribution in [-0.2, 0) is 12.8 Å². The summed E-state index contributed by atoms with van der Waals surface area (Å²) in [6.45, 7) is 3.68. The van der Waals surface area contributed by atoms with Gasteiger partial charge in [-0.15, -0.1) is 0 Å². The summed E-state index contributed by atoms with van der Waals surface area (Å²) in [4.78, 5) is 0. The van der Waals surface area contributed by atoms with Crippen LogP contribution in [0, 0.1) is 12.7 Å². The van der Waals surface area contributed by atoms with Crippen molar-refractivity contribution < 1.29 is 17.9 Å². The van der Waals surface area contributed by atoms with E-state index in [0.29, 0.717) is 16.7 Å². The Bertz CT molecular complexity index is 1010. The minimum Gasteiger partial charge on any atom is -0.429 e. The molecule has 3 aromatic carbocycles. The molecular formula is C25H23F3O. The molecule has 0 amide bonds. The summed E-state index contributed by atoms with van der Waals surface area (Å²) < 4.78 is 48.4. The summed E-state index contributed by atoms with van der Waals surface area (Å²) in [5.41, 5.74) is 4.55. The van der Waals surface area contributed by atoms with Crippen molar-refractivity contribution in [1.29, 1.82) is 0 Å². The van der Waals surface area contributed by atoms with Crippen LogP contribution in [0.3, 0.4) is 0 Å². The van der Waals surface area contributed by atoms with E-state index < -0.39 is 17.8 Å². The SMILES string of the molecule is CCCc1ccc(-c2ccc(C3Cc4ccc(C)c(F)c4OC3(F)F)cc2)cc1. The zero-order chi connectivity index (χ0) is 20.6. The van der Waals surface area contributed by atoms with Gasteiger partial charge in [-0.1, -0.05) is 74.0 Å². The smallest absolute Gasteiger partial charge is 0.405 e. The molecule has 0 N–H and O–H groups in total. The average molecular weight is 396 g/mol. The first-order chi connectivity index (χ1) is 13.9. The Morgan fingerprint density at radius 1 is 0.931 bits per heavy atom. The second-order valence-corrected chi connectivity index (χ2v) is 7.67. The maximum atomic E-state index is 14.7. The fourth-order valence-corrected chi connectivity index (χ4v) is 3.88. The van der Waals surface area contributed by atoms with E-state index in [4.69, 9.17) is 4.74 Å². The second kappa shape index (κ2) is 7.58. The summed E-state index contributed by atoms with van der Waals surface area (Å²) >= 11 is 0. The number of ether oxygens (including phenoxy) is 1. The number of aryl methyl sites for hydroxylation is 2. The molecule has 1 unspecified atom stereocenters. The van der Waals surface area contributed by atoms with E-state index in [-0.39, 0.29) is 12.2 Å². The lowest BCUT2D eigenvalue weighted by Crippen LogP contribution is -2.38. The molecular weight excluding hydrogens is 373 g/mol. The molecule has 0 aliphatic carbocycles. The third-order valence-corrected chi connectivity index (χ3v) is 5.58. The van der Waals surface area contributed by atoms with Crippen LogP contribution in [0.2, 0.25) is 0 Å². The predicted octanol–water partition coefficient (Wildman–Crippen LogP) is 7.07. The zero-order valence-corrected chi connectivity index (χ0v) is 16.5. The molecule has 1 atom stereocenters. The molecule has 4 rings (SSSR count). The summed E-state index contributed by atoms with van der Waals surface area (Å²) in [7, 11) is 0. The van der Waals surface area contributed by atoms with Gasteiger partial charge in [0, 0.05) is 0 Å². The molecule has 0 aromatic heterocycles. The minimum atomic E-state index is -3.47. The fourth-order valence-electron chi connectivity index (χ4n) is 3.88. The Morgan fingerprint density at radius 2 is 1.55 bits per heavy atom. The third-order valence-electron chi connectivity index (χ3n) is 5.58. The Labute approximate surface area is 169 Å². The lowest BCUT2D eigenvalue weighted by molar-refractivity contribution is -0.203. The average Bonchev–Trinajstić information content (AvgIpc) is 2.71. The maximum Gasteiger partial charge on any atom is 0.405 e. The lowest BCUT2D eigenvalue weighted by Gasteiger charge is -2.33. The van der Waals surface area contributed by atoms with Gasteiger partial charge in [-0.3, -0.25) is 0 Å². The van der Waals surface area contributed by atoms with Crippen molar-refractivity contribution in [2.45, 2.75) is 45.1 Å². The van der Waals surface area contributed by atoms with Crippen LogP contribution in [-0.4, -0.2) is 6.11 Å². The van der Waals surface area contributed by atoms with Crippen molar-refractivity contribution >= 4 is 0 Å². The van der Waals surface area contributed by atoms with E-state index in [0.717, 1.165) is 24.0 Å². The second-order valence-electron chi connectivity index (χ2n) is 7.67. The molecule has 1 nitrogen and oxygen atoms in total. The van der Waals surface area contributed by atoms with Crippen LogP contribution < -0.4 is 4.74 Å². The van der Waals surface area contributed by atoms with Crippen LogP contribution in [0.4, 0.5) is 13.2 Å². The van der Waals surface area contributed by atoms with Crippen LogP contribution in [0.5, 0.6) is 5.75 Å². The van der Waals surface area contributed by atoms with Gasteiger partial charge >= 0.3 is 6.11 Å². The number of rotatable bonds is 4. The van der Waals surface area contributed by atoms with Gasteiger partial charge in [-0.2, -0.15) is 8.78 Å². The van der Waals surface area contributed by atoms with E-state index in [2.05, 4.69) is 31.2 Å².